The van der Waals surface area contributed by atoms with E-state index in [9.17, 15) is 0 Å². The van der Waals surface area contributed by atoms with Crippen molar-refractivity contribution in [3.05, 3.63) is 17.5 Å². The van der Waals surface area contributed by atoms with Crippen LogP contribution in [0.5, 0.6) is 0 Å². The van der Waals surface area contributed by atoms with Gasteiger partial charge in [0.15, 0.2) is 0 Å². The van der Waals surface area contributed by atoms with Gasteiger partial charge in [-0.15, -0.1) is 0 Å². The quantitative estimate of drug-likeness (QED) is 0.669. The summed E-state index contributed by atoms with van der Waals surface area (Å²) in [5.41, 5.74) is 2.98. The van der Waals surface area contributed by atoms with Crippen molar-refractivity contribution in [2.45, 2.75) is 5.71 Å². The molecular weight excluding hydrogens is 226 g/mol. The molecule has 2 aromatic heterocycles. The Hall–Kier alpha value is -0.472. The van der Waals surface area contributed by atoms with Crippen LogP contribution in [0.2, 0.25) is 11.0 Å². The van der Waals surface area contributed by atoms with Gasteiger partial charge < -0.3 is 0 Å². The second-order valence-corrected chi connectivity index (χ2v) is 4.26. The molecule has 0 N–H and O–H groups in total. The van der Waals surface area contributed by atoms with Crippen molar-refractivity contribution in [2.75, 3.05) is 0 Å². The van der Waals surface area contributed by atoms with Gasteiger partial charge in [-0.2, -0.15) is 0 Å². The molecule has 0 bridgehead atoms. The molecule has 0 aliphatic heterocycles. The van der Waals surface area contributed by atoms with E-state index >= 15 is 0 Å². The molecule has 0 radical (unpaired) electrons. The first-order chi connectivity index (χ1) is 5.33. The average Bonchev–Trinajstić information content (AvgIpc) is 2.54. The molecule has 11 heavy (non-hydrogen) atoms. The van der Waals surface area contributed by atoms with E-state index < -0.39 is 0 Å². The van der Waals surface area contributed by atoms with Crippen LogP contribution in [0.15, 0.2) is 12.3 Å². The molecule has 0 amide bonds. The van der Waals surface area contributed by atoms with Crippen LogP contribution < -0.4 is 0 Å². The van der Waals surface area contributed by atoms with Gasteiger partial charge in [0.25, 0.3) is 0 Å². The molecule has 0 aliphatic rings. The van der Waals surface area contributed by atoms with Gasteiger partial charge in [-0.1, -0.05) is 0 Å². The standard InChI is InChI=1S/C5H6AsClN4/c1-6-10-3-2-4-8-9-5(7)11(4)10/h2-3,6H,1H3. The molecule has 1 unspecified atom stereocenters. The summed E-state index contributed by atoms with van der Waals surface area (Å²) in [6, 6.07) is 1.91. The summed E-state index contributed by atoms with van der Waals surface area (Å²) in [6.45, 7) is 0. The number of rotatable bonds is 1. The van der Waals surface area contributed by atoms with Crippen molar-refractivity contribution < 1.29 is 0 Å². The molecule has 0 aromatic carbocycles. The zero-order valence-electron chi connectivity index (χ0n) is 5.82. The van der Waals surface area contributed by atoms with E-state index in [2.05, 4.69) is 19.5 Å². The van der Waals surface area contributed by atoms with Crippen molar-refractivity contribution in [3.63, 3.8) is 0 Å². The summed E-state index contributed by atoms with van der Waals surface area (Å²) in [5, 5.41) is 8.05. The second-order valence-electron chi connectivity index (χ2n) is 2.02. The van der Waals surface area contributed by atoms with E-state index in [1.54, 1.807) is 0 Å². The third kappa shape index (κ3) is 0.976. The first kappa shape index (κ1) is 7.19. The summed E-state index contributed by atoms with van der Waals surface area (Å²) in [7, 11) is 0. The van der Waals surface area contributed by atoms with Crippen LogP contribution in [0.1, 0.15) is 0 Å². The van der Waals surface area contributed by atoms with Gasteiger partial charge in [0, 0.05) is 0 Å². The van der Waals surface area contributed by atoms with Gasteiger partial charge in [-0.3, -0.25) is 0 Å². The molecule has 58 valence electrons. The van der Waals surface area contributed by atoms with Gasteiger partial charge >= 0.3 is 74.8 Å². The Balaban J connectivity index is 2.80. The molecule has 0 fully saturated rings. The summed E-state index contributed by atoms with van der Waals surface area (Å²) in [4.78, 5) is 0. The van der Waals surface area contributed by atoms with E-state index in [0.717, 1.165) is 5.65 Å². The zero-order chi connectivity index (χ0) is 7.84. The molecule has 2 rings (SSSR count). The van der Waals surface area contributed by atoms with Crippen molar-refractivity contribution in [1.82, 2.24) is 18.3 Å². The van der Waals surface area contributed by atoms with Gasteiger partial charge in [-0.25, -0.2) is 0 Å². The van der Waals surface area contributed by atoms with Crippen molar-refractivity contribution >= 4 is 33.2 Å². The third-order valence-corrected chi connectivity index (χ3v) is 3.37. The van der Waals surface area contributed by atoms with E-state index in [4.69, 9.17) is 11.6 Å². The Morgan fingerprint density at radius 2 is 2.36 bits per heavy atom. The minimum atomic E-state index is -0.152. The zero-order valence-corrected chi connectivity index (χ0v) is 8.68. The van der Waals surface area contributed by atoms with Gasteiger partial charge in [0.1, 0.15) is 0 Å². The summed E-state index contributed by atoms with van der Waals surface area (Å²) < 4.78 is 3.89. The molecule has 0 spiro atoms. The van der Waals surface area contributed by atoms with Crippen LogP contribution in [0, 0.1) is 0 Å². The number of hydrogen-bond donors (Lipinski definition) is 0. The molecule has 4 nitrogen and oxygen atoms in total. The molecule has 2 aromatic rings. The first-order valence-electron chi connectivity index (χ1n) is 3.09. The molecule has 0 saturated heterocycles. The number of fused-ring (bicyclic) bond motifs is 1. The predicted molar refractivity (Wildman–Crippen MR) is 44.4 cm³/mol. The maximum atomic E-state index is 5.79. The number of hydrogen-bond acceptors (Lipinski definition) is 2. The van der Waals surface area contributed by atoms with E-state index in [-0.39, 0.29) is 16.0 Å². The Labute approximate surface area is 75.1 Å². The van der Waals surface area contributed by atoms with Crippen LogP contribution in [-0.2, 0) is 0 Å². The summed E-state index contributed by atoms with van der Waals surface area (Å²) in [6.07, 6.45) is 1.98. The maximum absolute atomic E-state index is 5.79. The Morgan fingerprint density at radius 1 is 1.55 bits per heavy atom. The Bertz CT molecular complexity index is 379. The van der Waals surface area contributed by atoms with Crippen LogP contribution >= 0.6 is 11.6 Å². The first-order valence-corrected chi connectivity index (χ1v) is 6.50. The van der Waals surface area contributed by atoms with Crippen LogP contribution in [-0.4, -0.2) is 34.3 Å². The van der Waals surface area contributed by atoms with Crippen molar-refractivity contribution in [1.29, 1.82) is 0 Å². The van der Waals surface area contributed by atoms with E-state index in [1.807, 2.05) is 16.8 Å². The number of aromatic nitrogens is 4. The fourth-order valence-electron chi connectivity index (χ4n) is 0.953. The van der Waals surface area contributed by atoms with Gasteiger partial charge in [0.2, 0.25) is 0 Å². The molecule has 2 heterocycles. The molecule has 0 saturated carbocycles. The molecule has 0 aliphatic carbocycles. The summed E-state index contributed by atoms with van der Waals surface area (Å²) >= 11 is 5.63. The predicted octanol–water partition coefficient (Wildman–Crippen LogP) is 0.432. The Morgan fingerprint density at radius 3 is 3.09 bits per heavy atom. The average molecular weight is 233 g/mol. The normalized spacial score (nSPS) is 12.2. The monoisotopic (exact) mass is 232 g/mol. The van der Waals surface area contributed by atoms with Crippen molar-refractivity contribution in [3.8, 4) is 0 Å². The Kier molecular flexibility index (Phi) is 1.66. The van der Waals surface area contributed by atoms with Gasteiger partial charge in [0.05, 0.1) is 0 Å². The molecule has 6 heteroatoms. The summed E-state index contributed by atoms with van der Waals surface area (Å²) in [5.74, 6) is 0. The van der Waals surface area contributed by atoms with Crippen LogP contribution in [0.4, 0.5) is 0 Å². The molecule has 1 atom stereocenters. The molecular formula is C5H6AsClN4. The van der Waals surface area contributed by atoms with E-state index in [1.165, 1.54) is 0 Å². The van der Waals surface area contributed by atoms with Crippen LogP contribution in [0.25, 0.3) is 5.65 Å². The van der Waals surface area contributed by atoms with Gasteiger partial charge in [-0.05, 0) is 0 Å². The number of halogens is 1. The third-order valence-electron chi connectivity index (χ3n) is 1.44. The fourth-order valence-corrected chi connectivity index (χ4v) is 2.59. The topological polar surface area (TPSA) is 35.1 Å². The van der Waals surface area contributed by atoms with E-state index in [0.29, 0.717) is 5.28 Å². The van der Waals surface area contributed by atoms with Crippen molar-refractivity contribution in [2.24, 2.45) is 0 Å². The SMILES string of the molecule is C[AsH]n1ccc2nnc(Cl)n21. The fraction of sp³-hybridized carbons (Fsp3) is 0.200. The second kappa shape index (κ2) is 2.54. The number of nitrogens with zero attached hydrogens (tertiary/aromatic N) is 4. The minimum absolute atomic E-state index is 0.152. The van der Waals surface area contributed by atoms with Crippen LogP contribution in [0.3, 0.4) is 0 Å².